The summed E-state index contributed by atoms with van der Waals surface area (Å²) in [5, 5.41) is 40.7. The zero-order valence-corrected chi connectivity index (χ0v) is 21.5. The third kappa shape index (κ3) is 4.89. The number of fused-ring (bicyclic) bond motifs is 3. The minimum absolute atomic E-state index is 0.258. The Morgan fingerprint density at radius 2 is 1.92 bits per heavy atom. The standard InChI is InChI=1S/C29H42O7/c1-5-7-22-21-11-9-17-15-18(34-4)10-12-19(17)20(21)13-14-29(22,3)24(8-6-2)36-28-27(33)26(32)25(31)23(16-30)35-28/h5-6,10,12,15,20-28,30-33H,1-2,7-9,11,13-14,16H2,3-4H3/t20-,21-,22+,23-,24-,25+,26+,27-,28+,29+/m1/s1. The average molecular weight is 503 g/mol. The van der Waals surface area contributed by atoms with Gasteiger partial charge in [-0.05, 0) is 85.0 Å². The molecule has 0 aromatic heterocycles. The fourth-order valence-corrected chi connectivity index (χ4v) is 7.03. The van der Waals surface area contributed by atoms with Crippen molar-refractivity contribution < 1.29 is 34.6 Å². The summed E-state index contributed by atoms with van der Waals surface area (Å²) in [5.41, 5.74) is 2.53. The summed E-state index contributed by atoms with van der Waals surface area (Å²) in [6, 6.07) is 6.45. The van der Waals surface area contributed by atoms with Crippen LogP contribution in [0.25, 0.3) is 0 Å². The SMILES string of the molecule is C=CC[C@@H](O[C@@H]1O[C@H](CO)[C@H](O)[C@H](O)[C@H]1O)[C@@]1(C)CC[C@@H]2c3ccc(OC)cc3CC[C@H]2[C@@H]1CC=C. The molecule has 0 unspecified atom stereocenters. The third-order valence-corrected chi connectivity index (χ3v) is 9.06. The molecule has 1 saturated carbocycles. The minimum Gasteiger partial charge on any atom is -0.497 e. The summed E-state index contributed by atoms with van der Waals surface area (Å²) >= 11 is 0. The van der Waals surface area contributed by atoms with Crippen LogP contribution in [-0.2, 0) is 15.9 Å². The number of benzene rings is 1. The first-order valence-electron chi connectivity index (χ1n) is 13.1. The van der Waals surface area contributed by atoms with Gasteiger partial charge in [0.15, 0.2) is 6.29 Å². The number of allylic oxidation sites excluding steroid dienone is 1. The number of rotatable bonds is 9. The Morgan fingerprint density at radius 1 is 1.14 bits per heavy atom. The van der Waals surface area contributed by atoms with E-state index in [0.29, 0.717) is 24.2 Å². The minimum atomic E-state index is -1.47. The highest BCUT2D eigenvalue weighted by atomic mass is 16.7. The fraction of sp³-hybridized carbons (Fsp3) is 0.655. The lowest BCUT2D eigenvalue weighted by molar-refractivity contribution is -0.322. The summed E-state index contributed by atoms with van der Waals surface area (Å²) in [6.07, 6.45) is 2.38. The molecular weight excluding hydrogens is 460 g/mol. The van der Waals surface area contributed by atoms with Crippen LogP contribution in [0.2, 0.25) is 0 Å². The van der Waals surface area contributed by atoms with Gasteiger partial charge in [-0.25, -0.2) is 0 Å². The first-order valence-corrected chi connectivity index (χ1v) is 13.1. The van der Waals surface area contributed by atoms with Crippen LogP contribution in [0.3, 0.4) is 0 Å². The van der Waals surface area contributed by atoms with Gasteiger partial charge in [-0.15, -0.1) is 13.2 Å². The highest BCUT2D eigenvalue weighted by Crippen LogP contribution is 2.58. The Hall–Kier alpha value is -1.74. The second-order valence-corrected chi connectivity index (χ2v) is 10.9. The van der Waals surface area contributed by atoms with Crippen molar-refractivity contribution in [1.29, 1.82) is 0 Å². The zero-order chi connectivity index (χ0) is 26.0. The molecule has 1 saturated heterocycles. The maximum absolute atomic E-state index is 10.6. The Labute approximate surface area is 214 Å². The highest BCUT2D eigenvalue weighted by molar-refractivity contribution is 5.40. The van der Waals surface area contributed by atoms with Crippen LogP contribution in [0.15, 0.2) is 43.5 Å². The summed E-state index contributed by atoms with van der Waals surface area (Å²) in [5.74, 6) is 2.09. The number of hydrogen-bond donors (Lipinski definition) is 4. The van der Waals surface area contributed by atoms with E-state index in [-0.39, 0.29) is 11.5 Å². The maximum Gasteiger partial charge on any atom is 0.187 e. The molecule has 0 bridgehead atoms. The van der Waals surface area contributed by atoms with Crippen LogP contribution >= 0.6 is 0 Å². The quantitative estimate of drug-likeness (QED) is 0.384. The Balaban J connectivity index is 1.61. The lowest BCUT2D eigenvalue weighted by Gasteiger charge is -2.55. The van der Waals surface area contributed by atoms with E-state index in [1.807, 2.05) is 12.2 Å². The van der Waals surface area contributed by atoms with E-state index in [2.05, 4.69) is 38.3 Å². The van der Waals surface area contributed by atoms with Gasteiger partial charge in [-0.1, -0.05) is 25.1 Å². The molecule has 4 N–H and O–H groups in total. The molecule has 10 atom stereocenters. The predicted octanol–water partition coefficient (Wildman–Crippen LogP) is 3.09. The molecule has 0 radical (unpaired) electrons. The van der Waals surface area contributed by atoms with E-state index in [4.69, 9.17) is 14.2 Å². The Kier molecular flexibility index (Phi) is 8.60. The molecule has 1 aromatic rings. The van der Waals surface area contributed by atoms with Gasteiger partial charge in [0, 0.05) is 0 Å². The van der Waals surface area contributed by atoms with E-state index in [1.165, 1.54) is 11.1 Å². The summed E-state index contributed by atoms with van der Waals surface area (Å²) in [7, 11) is 1.70. The molecule has 3 aliphatic rings. The molecule has 2 fully saturated rings. The van der Waals surface area contributed by atoms with Crippen LogP contribution in [0.1, 0.15) is 56.1 Å². The molecule has 0 amide bonds. The van der Waals surface area contributed by atoms with Crippen molar-refractivity contribution in [2.24, 2.45) is 17.3 Å². The van der Waals surface area contributed by atoms with Gasteiger partial charge in [-0.3, -0.25) is 0 Å². The van der Waals surface area contributed by atoms with Gasteiger partial charge in [0.25, 0.3) is 0 Å². The van der Waals surface area contributed by atoms with Gasteiger partial charge < -0.3 is 34.6 Å². The number of aliphatic hydroxyl groups is 4. The van der Waals surface area contributed by atoms with Crippen LogP contribution in [0, 0.1) is 17.3 Å². The molecule has 1 heterocycles. The number of methoxy groups -OCH3 is 1. The highest BCUT2D eigenvalue weighted by Gasteiger charge is 2.53. The molecule has 4 rings (SSSR count). The molecule has 2 aliphatic carbocycles. The van der Waals surface area contributed by atoms with Crippen molar-refractivity contribution in [2.45, 2.75) is 88.2 Å². The van der Waals surface area contributed by atoms with Gasteiger partial charge in [0.1, 0.15) is 30.2 Å². The zero-order valence-electron chi connectivity index (χ0n) is 21.5. The van der Waals surface area contributed by atoms with Crippen molar-refractivity contribution in [3.8, 4) is 5.75 Å². The number of ether oxygens (including phenoxy) is 3. The summed E-state index contributed by atoms with van der Waals surface area (Å²) in [4.78, 5) is 0. The van der Waals surface area contributed by atoms with Crippen molar-refractivity contribution in [1.82, 2.24) is 0 Å². The van der Waals surface area contributed by atoms with Crippen LogP contribution in [0.4, 0.5) is 0 Å². The van der Waals surface area contributed by atoms with E-state index >= 15 is 0 Å². The summed E-state index contributed by atoms with van der Waals surface area (Å²) in [6.45, 7) is 9.78. The van der Waals surface area contributed by atoms with Crippen molar-refractivity contribution in [3.05, 3.63) is 54.6 Å². The van der Waals surface area contributed by atoms with Gasteiger partial charge in [-0.2, -0.15) is 0 Å². The third-order valence-electron chi connectivity index (χ3n) is 9.06. The second-order valence-electron chi connectivity index (χ2n) is 10.9. The maximum atomic E-state index is 10.6. The lowest BCUT2D eigenvalue weighted by atomic mass is 9.52. The number of aryl methyl sites for hydroxylation is 1. The molecule has 200 valence electrons. The van der Waals surface area contributed by atoms with Crippen molar-refractivity contribution in [2.75, 3.05) is 13.7 Å². The van der Waals surface area contributed by atoms with E-state index in [1.54, 1.807) is 7.11 Å². The Morgan fingerprint density at radius 3 is 2.58 bits per heavy atom. The molecular formula is C29H42O7. The van der Waals surface area contributed by atoms with Gasteiger partial charge in [0.2, 0.25) is 0 Å². The van der Waals surface area contributed by atoms with Crippen molar-refractivity contribution >= 4 is 0 Å². The van der Waals surface area contributed by atoms with Crippen LogP contribution < -0.4 is 4.74 Å². The van der Waals surface area contributed by atoms with Crippen LogP contribution in [-0.4, -0.2) is 71.0 Å². The Bertz CT molecular complexity index is 917. The van der Waals surface area contributed by atoms with E-state index in [9.17, 15) is 20.4 Å². The first-order chi connectivity index (χ1) is 17.3. The van der Waals surface area contributed by atoms with Gasteiger partial charge in [0.05, 0.1) is 19.8 Å². The predicted molar refractivity (Wildman–Crippen MR) is 137 cm³/mol. The monoisotopic (exact) mass is 502 g/mol. The molecule has 7 heteroatoms. The fourth-order valence-electron chi connectivity index (χ4n) is 7.03. The second kappa shape index (κ2) is 11.3. The van der Waals surface area contributed by atoms with Crippen molar-refractivity contribution in [3.63, 3.8) is 0 Å². The first kappa shape index (κ1) is 27.3. The van der Waals surface area contributed by atoms with E-state index < -0.39 is 37.3 Å². The average Bonchev–Trinajstić information content (AvgIpc) is 2.89. The molecule has 36 heavy (non-hydrogen) atoms. The van der Waals surface area contributed by atoms with E-state index in [0.717, 1.165) is 37.9 Å². The molecule has 0 spiro atoms. The molecule has 1 aliphatic heterocycles. The normalized spacial score (nSPS) is 38.9. The number of hydrogen-bond acceptors (Lipinski definition) is 7. The van der Waals surface area contributed by atoms with Gasteiger partial charge >= 0.3 is 0 Å². The largest absolute Gasteiger partial charge is 0.497 e. The summed E-state index contributed by atoms with van der Waals surface area (Å²) < 4.78 is 17.6. The lowest BCUT2D eigenvalue weighted by Crippen LogP contribution is -2.61. The van der Waals surface area contributed by atoms with Crippen LogP contribution in [0.5, 0.6) is 5.75 Å². The smallest absolute Gasteiger partial charge is 0.187 e. The molecule has 1 aromatic carbocycles. The molecule has 7 nitrogen and oxygen atoms in total. The number of aliphatic hydroxyl groups excluding tert-OH is 4. The topological polar surface area (TPSA) is 109 Å².